The highest BCUT2D eigenvalue weighted by molar-refractivity contribution is 6.34. The Morgan fingerprint density at radius 3 is 1.58 bits per heavy atom. The largest absolute Gasteiger partial charge is 0.421 e. The van der Waals surface area contributed by atoms with Gasteiger partial charge in [-0.3, -0.25) is 9.80 Å². The first-order valence-corrected chi connectivity index (χ1v) is 22.9. The molecule has 2 atom stereocenters. The minimum Gasteiger partial charge on any atom is -0.410 e. The van der Waals surface area contributed by atoms with Crippen molar-refractivity contribution < 1.29 is 40.7 Å². The van der Waals surface area contributed by atoms with Gasteiger partial charge in [-0.1, -0.05) is 65.7 Å². The van der Waals surface area contributed by atoms with E-state index in [4.69, 9.17) is 33.7 Å². The molecule has 3 aromatic carbocycles. The molecule has 4 fully saturated rings. The fraction of sp³-hybridized carbons (Fsp3) is 0.375. The van der Waals surface area contributed by atoms with E-state index in [0.29, 0.717) is 42.2 Å². The van der Waals surface area contributed by atoms with E-state index in [0.717, 1.165) is 81.6 Å². The Balaban J connectivity index is 0.000000155. The monoisotopic (exact) mass is 966 g/mol. The lowest BCUT2D eigenvalue weighted by atomic mass is 9.99. The number of nitrogens with one attached hydrogen (secondary N) is 1. The topological polar surface area (TPSA) is 120 Å². The molecule has 0 spiro atoms. The number of nitrogens with two attached hydrogens (primary N) is 1. The number of pyridine rings is 2. The molecule has 4 bridgehead atoms. The van der Waals surface area contributed by atoms with Gasteiger partial charge in [-0.15, -0.1) is 0 Å². The summed E-state index contributed by atoms with van der Waals surface area (Å²) < 4.78 is 84.9. The Morgan fingerprint density at radius 1 is 0.642 bits per heavy atom. The van der Waals surface area contributed by atoms with Crippen molar-refractivity contribution in [1.29, 1.82) is 0 Å². The molecule has 2 saturated heterocycles. The summed E-state index contributed by atoms with van der Waals surface area (Å²) in [5.41, 5.74) is 5.99. The molecule has 6 aliphatic rings. The fourth-order valence-electron chi connectivity index (χ4n) is 8.67. The summed E-state index contributed by atoms with van der Waals surface area (Å²) in [6.07, 6.45) is -1.63. The highest BCUT2D eigenvalue weighted by atomic mass is 35.5. The predicted octanol–water partition coefficient (Wildman–Crippen LogP) is 11.6. The van der Waals surface area contributed by atoms with Crippen LogP contribution < -0.4 is 35.4 Å². The average molecular weight is 968 g/mol. The van der Waals surface area contributed by atoms with Crippen LogP contribution in [0.1, 0.15) is 62.5 Å². The van der Waals surface area contributed by atoms with Crippen molar-refractivity contribution in [3.05, 3.63) is 112 Å². The lowest BCUT2D eigenvalue weighted by molar-refractivity contribution is -0.138. The molecule has 3 N–H and O–H groups in total. The van der Waals surface area contributed by atoms with Gasteiger partial charge in [0.15, 0.2) is 11.6 Å². The van der Waals surface area contributed by atoms with Crippen LogP contribution in [0.5, 0.6) is 5.75 Å². The van der Waals surface area contributed by atoms with Gasteiger partial charge in [0.1, 0.15) is 5.75 Å². The molecule has 2 aromatic heterocycles. The first kappa shape index (κ1) is 46.3. The number of nitrogens with zero attached hydrogens (tertiary/aromatic N) is 6. The molecular weight excluding hydrogens is 921 g/mol. The minimum absolute atomic E-state index is 0.0203. The number of aromatic nitrogens is 2. The van der Waals surface area contributed by atoms with Gasteiger partial charge in [0.25, 0.3) is 0 Å². The van der Waals surface area contributed by atoms with Crippen molar-refractivity contribution in [3.63, 3.8) is 0 Å². The second-order valence-electron chi connectivity index (χ2n) is 17.4. The number of carbonyl (C=O) groups is 2. The zero-order valence-electron chi connectivity index (χ0n) is 36.0. The van der Waals surface area contributed by atoms with Crippen LogP contribution >= 0.6 is 23.2 Å². The number of hydrogen-bond acceptors (Lipinski definition) is 8. The number of benzene rings is 3. The third kappa shape index (κ3) is 10.4. The molecule has 11 nitrogen and oxygen atoms in total. The zero-order valence-corrected chi connectivity index (χ0v) is 37.5. The number of ether oxygens (including phenoxy) is 1. The molecule has 2 saturated carbocycles. The van der Waals surface area contributed by atoms with Gasteiger partial charge < -0.3 is 25.6 Å². The zero-order chi connectivity index (χ0) is 47.2. The maximum Gasteiger partial charge on any atom is 0.421 e. The highest BCUT2D eigenvalue weighted by Crippen LogP contribution is 2.45. The Kier molecular flexibility index (Phi) is 12.9. The number of alkyl halides is 6. The van der Waals surface area contributed by atoms with Gasteiger partial charge in [-0.2, -0.15) is 26.3 Å². The minimum atomic E-state index is -4.50. The number of halogens is 8. The molecule has 0 radical (unpaired) electrons. The van der Waals surface area contributed by atoms with E-state index in [1.54, 1.807) is 47.4 Å². The molecule has 67 heavy (non-hydrogen) atoms. The first-order valence-electron chi connectivity index (χ1n) is 22.2. The highest BCUT2D eigenvalue weighted by Gasteiger charge is 2.42. The van der Waals surface area contributed by atoms with Gasteiger partial charge in [0, 0.05) is 49.4 Å². The van der Waals surface area contributed by atoms with E-state index in [-0.39, 0.29) is 56.7 Å². The number of fused-ring (bicyclic) bond motifs is 8. The molecule has 2 aliphatic carbocycles. The number of rotatable bonds is 4. The molecule has 0 unspecified atom stereocenters. The standard InChI is InChI=1S/C24H19ClF3N3O2.C21H20ClF3N4O.C3H7N/c25-19-13-20-22(29-21(19)15-6-4-7-16(12-15)24(26,27)28)31(17-8-5-11-30(20)14-17)23(32)33-18-9-2-1-3-10-18;22-16-10-17-19(27-18(16)12-3-1-4-13(9-12)21(23,24)25)29(20(30)26-14-6-7-14)15-5-2-8-28(17)11-15;4-3-1-2-3/h1-4,6-7,9-10,12-13,17H,5,8,11,14H2;1,3-4,9-10,14-15H,2,5-8,11H2,(H,26,30);3H,1-2,4H2/t17-;15-;/m00./s1. The van der Waals surface area contributed by atoms with E-state index < -0.39 is 29.6 Å². The van der Waals surface area contributed by atoms with E-state index in [1.165, 1.54) is 35.9 Å². The molecule has 352 valence electrons. The Morgan fingerprint density at radius 2 is 1.12 bits per heavy atom. The normalized spacial score (nSPS) is 19.5. The number of amides is 3. The van der Waals surface area contributed by atoms with E-state index in [2.05, 4.69) is 25.1 Å². The van der Waals surface area contributed by atoms with Crippen LogP contribution in [0.3, 0.4) is 0 Å². The number of para-hydroxylation sites is 1. The quantitative estimate of drug-likeness (QED) is 0.171. The summed E-state index contributed by atoms with van der Waals surface area (Å²) in [4.78, 5) is 42.9. The predicted molar refractivity (Wildman–Crippen MR) is 246 cm³/mol. The molecule has 6 heterocycles. The van der Waals surface area contributed by atoms with Crippen molar-refractivity contribution in [2.24, 2.45) is 5.73 Å². The molecule has 11 rings (SSSR count). The van der Waals surface area contributed by atoms with Crippen molar-refractivity contribution in [2.75, 3.05) is 45.8 Å². The van der Waals surface area contributed by atoms with Crippen LogP contribution in [0.4, 0.5) is 58.9 Å². The molecule has 4 aliphatic heterocycles. The molecule has 5 aromatic rings. The van der Waals surface area contributed by atoms with Crippen molar-refractivity contribution in [2.45, 2.75) is 87.9 Å². The van der Waals surface area contributed by atoms with Crippen LogP contribution in [0.2, 0.25) is 10.0 Å². The van der Waals surface area contributed by atoms with Crippen molar-refractivity contribution in [3.8, 4) is 28.3 Å². The van der Waals surface area contributed by atoms with E-state index in [1.807, 2.05) is 6.07 Å². The summed E-state index contributed by atoms with van der Waals surface area (Å²) in [6.45, 7) is 2.93. The van der Waals surface area contributed by atoms with Gasteiger partial charge in [0.2, 0.25) is 0 Å². The molecule has 3 amide bonds. The smallest absolute Gasteiger partial charge is 0.410 e. The van der Waals surface area contributed by atoms with Crippen molar-refractivity contribution in [1.82, 2.24) is 15.3 Å². The van der Waals surface area contributed by atoms with Gasteiger partial charge in [0.05, 0.1) is 56.0 Å². The Hall–Kier alpha value is -5.78. The molecular formula is C48H46Cl2F6N8O3. The number of urea groups is 1. The van der Waals surface area contributed by atoms with Gasteiger partial charge in [-0.05, 0) is 99.9 Å². The summed E-state index contributed by atoms with van der Waals surface area (Å²) in [6, 6.07) is 22.3. The first-order chi connectivity index (χ1) is 32.0. The second kappa shape index (κ2) is 18.7. The summed E-state index contributed by atoms with van der Waals surface area (Å²) in [7, 11) is 0. The Bertz CT molecular complexity index is 2650. The number of hydrogen-bond donors (Lipinski definition) is 2. The van der Waals surface area contributed by atoms with Crippen molar-refractivity contribution >= 4 is 58.3 Å². The summed E-state index contributed by atoms with van der Waals surface area (Å²) in [5, 5.41) is 3.50. The summed E-state index contributed by atoms with van der Waals surface area (Å²) >= 11 is 13.0. The maximum absolute atomic E-state index is 13.3. The van der Waals surface area contributed by atoms with E-state index >= 15 is 0 Å². The van der Waals surface area contributed by atoms with Crippen LogP contribution in [0.25, 0.3) is 22.5 Å². The van der Waals surface area contributed by atoms with Gasteiger partial charge >= 0.3 is 24.5 Å². The third-order valence-corrected chi connectivity index (χ3v) is 12.9. The van der Waals surface area contributed by atoms with Crippen LogP contribution in [0, 0.1) is 0 Å². The number of piperidine rings is 2. The fourth-order valence-corrected chi connectivity index (χ4v) is 9.18. The average Bonchev–Trinajstić information content (AvgIpc) is 4.26. The van der Waals surface area contributed by atoms with E-state index in [9.17, 15) is 35.9 Å². The van der Waals surface area contributed by atoms with Crippen LogP contribution in [-0.2, 0) is 12.4 Å². The second-order valence-corrected chi connectivity index (χ2v) is 18.3. The number of carbonyl (C=O) groups excluding carboxylic acids is 2. The lowest BCUT2D eigenvalue weighted by Gasteiger charge is -2.46. The lowest BCUT2D eigenvalue weighted by Crippen LogP contribution is -2.57. The van der Waals surface area contributed by atoms with Crippen LogP contribution in [0.15, 0.2) is 91.0 Å². The molecule has 19 heteroatoms. The van der Waals surface area contributed by atoms with Gasteiger partial charge in [-0.25, -0.2) is 19.6 Å². The Labute approximate surface area is 392 Å². The number of anilines is 4. The maximum atomic E-state index is 13.3. The van der Waals surface area contributed by atoms with Crippen LogP contribution in [-0.4, -0.2) is 72.4 Å². The summed E-state index contributed by atoms with van der Waals surface area (Å²) in [5.74, 6) is 1.19. The third-order valence-electron chi connectivity index (χ3n) is 12.4. The SMILES string of the molecule is NC1CC1.O=C(NC1CC1)N1c2nc(-c3cccc(C(F)(F)F)c3)c(Cl)cc2N2CCC[C@H]1C2.O=C(Oc1ccccc1)N1c2nc(-c3cccc(C(F)(F)F)c3)c(Cl)cc2N2CCC[C@H]1C2.